The normalized spacial score (nSPS) is 12.9. The van der Waals surface area contributed by atoms with Gasteiger partial charge in [-0.05, 0) is 70.5 Å². The van der Waals surface area contributed by atoms with Gasteiger partial charge in [0.05, 0.1) is 0 Å². The van der Waals surface area contributed by atoms with Crippen molar-refractivity contribution in [2.75, 3.05) is 0 Å². The van der Waals surface area contributed by atoms with Gasteiger partial charge in [-0.15, -0.1) is 26.3 Å². The van der Waals surface area contributed by atoms with Gasteiger partial charge in [0, 0.05) is 35.9 Å². The van der Waals surface area contributed by atoms with Crippen LogP contribution in [-0.2, 0) is 17.6 Å². The number of aromatic nitrogens is 4. The second kappa shape index (κ2) is 17.1. The molecule has 4 aromatic carbocycles. The molecule has 0 bridgehead atoms. The number of hydrogen-bond acceptors (Lipinski definition) is 7. The Balaban J connectivity index is 1.38. The molecule has 0 N–H and O–H groups in total. The summed E-state index contributed by atoms with van der Waals surface area (Å²) in [6.45, 7) is 4.14. The molecule has 55 heavy (non-hydrogen) atoms. The summed E-state index contributed by atoms with van der Waals surface area (Å²) in [5.74, 6) is 0.207. The molecule has 0 saturated carbocycles. The van der Waals surface area contributed by atoms with Crippen molar-refractivity contribution >= 4 is 0 Å². The highest BCUT2D eigenvalue weighted by atomic mass is 19.4. The van der Waals surface area contributed by atoms with Gasteiger partial charge in [0.2, 0.25) is 0 Å². The van der Waals surface area contributed by atoms with Gasteiger partial charge in [-0.25, -0.2) is 19.9 Å². The van der Waals surface area contributed by atoms with Crippen molar-refractivity contribution in [2.24, 2.45) is 0 Å². The quantitative estimate of drug-likeness (QED) is 0.102. The fourth-order valence-electron chi connectivity index (χ4n) is 5.98. The number of nitrogens with zero attached hydrogens (tertiary/aromatic N) is 4. The van der Waals surface area contributed by atoms with E-state index >= 15 is 0 Å². The van der Waals surface area contributed by atoms with Crippen molar-refractivity contribution in [3.8, 4) is 34.3 Å². The second-order valence-corrected chi connectivity index (χ2v) is 12.7. The van der Waals surface area contributed by atoms with Crippen LogP contribution in [0.1, 0.15) is 72.3 Å². The smallest absolute Gasteiger partial charge is 0.406 e. The first kappa shape index (κ1) is 38.9. The van der Waals surface area contributed by atoms with Crippen molar-refractivity contribution in [3.05, 3.63) is 155 Å². The van der Waals surface area contributed by atoms with Gasteiger partial charge in [-0.2, -0.15) is 0 Å². The lowest BCUT2D eigenvalue weighted by atomic mass is 9.96. The summed E-state index contributed by atoms with van der Waals surface area (Å²) in [5, 5.41) is 0. The average Bonchev–Trinajstić information content (AvgIpc) is 3.16. The van der Waals surface area contributed by atoms with E-state index in [1.165, 1.54) is 48.5 Å². The third-order valence-electron chi connectivity index (χ3n) is 8.54. The highest BCUT2D eigenvalue weighted by Gasteiger charge is 2.32. The minimum atomic E-state index is -4.88. The molecule has 0 amide bonds. The molecule has 0 aliphatic rings. The monoisotopic (exact) mass is 758 g/mol. The van der Waals surface area contributed by atoms with E-state index in [2.05, 4.69) is 43.3 Å². The first-order valence-corrected chi connectivity index (χ1v) is 17.6. The van der Waals surface area contributed by atoms with E-state index in [-0.39, 0.29) is 0 Å². The standard InChI is InChI=1S/C42H36F6N4O3/c1-3-5-27-23-49-39(50-24-27)33-11-7-29(8-12-33)37(31-15-19-35(20-16-31)54-41(43,44)45)53-38(32-17-21-36(22-18-32)55-42(46,47)48)30-9-13-34(14-10-30)40-51-25-28(6-4-2)26-52-40/h7-26,37-38H,3-6H2,1-2H3. The van der Waals surface area contributed by atoms with Gasteiger partial charge in [0.25, 0.3) is 0 Å². The second-order valence-electron chi connectivity index (χ2n) is 12.7. The van der Waals surface area contributed by atoms with Crippen LogP contribution >= 0.6 is 0 Å². The molecule has 0 fully saturated rings. The number of ether oxygens (including phenoxy) is 3. The number of alkyl halides is 6. The molecule has 0 aliphatic carbocycles. The van der Waals surface area contributed by atoms with Gasteiger partial charge in [0.15, 0.2) is 11.6 Å². The summed E-state index contributed by atoms with van der Waals surface area (Å²) >= 11 is 0. The Morgan fingerprint density at radius 2 is 0.745 bits per heavy atom. The highest BCUT2D eigenvalue weighted by Crippen LogP contribution is 2.39. The molecule has 2 atom stereocenters. The maximum absolute atomic E-state index is 13.0. The van der Waals surface area contributed by atoms with Gasteiger partial charge in [-0.3, -0.25) is 0 Å². The molecule has 6 aromatic rings. The topological polar surface area (TPSA) is 79.2 Å². The summed E-state index contributed by atoms with van der Waals surface area (Å²) in [4.78, 5) is 18.0. The summed E-state index contributed by atoms with van der Waals surface area (Å²) in [7, 11) is 0. The predicted molar refractivity (Wildman–Crippen MR) is 194 cm³/mol. The maximum Gasteiger partial charge on any atom is 0.573 e. The lowest BCUT2D eigenvalue weighted by molar-refractivity contribution is -0.275. The third-order valence-corrected chi connectivity index (χ3v) is 8.54. The van der Waals surface area contributed by atoms with Crippen molar-refractivity contribution in [3.63, 3.8) is 0 Å². The number of halogens is 6. The van der Waals surface area contributed by atoms with Crippen LogP contribution in [0.5, 0.6) is 11.5 Å². The van der Waals surface area contributed by atoms with E-state index in [0.29, 0.717) is 33.9 Å². The zero-order valence-electron chi connectivity index (χ0n) is 29.8. The fourth-order valence-corrected chi connectivity index (χ4v) is 5.98. The minimum absolute atomic E-state index is 0.411. The molecule has 0 saturated heterocycles. The lowest BCUT2D eigenvalue weighted by Gasteiger charge is -2.27. The largest absolute Gasteiger partial charge is 0.573 e. The Hall–Kier alpha value is -5.82. The number of hydrogen-bond donors (Lipinski definition) is 0. The van der Waals surface area contributed by atoms with E-state index in [1.807, 2.05) is 48.5 Å². The van der Waals surface area contributed by atoms with Crippen LogP contribution in [0.4, 0.5) is 26.3 Å². The Morgan fingerprint density at radius 1 is 0.455 bits per heavy atom. The fraction of sp³-hybridized carbons (Fsp3) is 0.238. The van der Waals surface area contributed by atoms with Crippen molar-refractivity contribution in [2.45, 2.75) is 64.5 Å². The SMILES string of the molecule is CCCc1cnc(-c2ccc(C(OC(c3ccc(OC(F)(F)F)cc3)c3ccc(-c4ncc(CCC)cn4)cc3)c3ccc(OC(F)(F)F)cc3)cc2)nc1. The number of aryl methyl sites for hydroxylation is 2. The number of rotatable bonds is 14. The minimum Gasteiger partial charge on any atom is -0.406 e. The molecule has 2 aromatic heterocycles. The summed E-state index contributed by atoms with van der Waals surface area (Å²) < 4.78 is 93.2. The predicted octanol–water partition coefficient (Wildman–Crippen LogP) is 11.2. The molecule has 284 valence electrons. The summed E-state index contributed by atoms with van der Waals surface area (Å²) in [6.07, 6.45) is -0.776. The molecule has 7 nitrogen and oxygen atoms in total. The molecule has 2 heterocycles. The zero-order chi connectivity index (χ0) is 39.0. The van der Waals surface area contributed by atoms with E-state index in [0.717, 1.165) is 47.9 Å². The van der Waals surface area contributed by atoms with Gasteiger partial charge in [-0.1, -0.05) is 99.5 Å². The molecule has 0 aliphatic heterocycles. The molecule has 2 unspecified atom stereocenters. The van der Waals surface area contributed by atoms with E-state index < -0.39 is 36.4 Å². The van der Waals surface area contributed by atoms with Gasteiger partial charge >= 0.3 is 12.7 Å². The zero-order valence-corrected chi connectivity index (χ0v) is 29.8. The van der Waals surface area contributed by atoms with Crippen LogP contribution < -0.4 is 9.47 Å². The van der Waals surface area contributed by atoms with E-state index in [1.54, 1.807) is 24.8 Å². The van der Waals surface area contributed by atoms with Crippen molar-refractivity contribution in [1.29, 1.82) is 0 Å². The summed E-state index contributed by atoms with van der Waals surface area (Å²) in [5.41, 5.74) is 5.74. The Labute approximate surface area is 314 Å². The van der Waals surface area contributed by atoms with Crippen LogP contribution in [-0.4, -0.2) is 32.7 Å². The molecular formula is C42H36F6N4O3. The first-order valence-electron chi connectivity index (χ1n) is 17.6. The van der Waals surface area contributed by atoms with Crippen LogP contribution in [0.2, 0.25) is 0 Å². The Kier molecular flexibility index (Phi) is 12.1. The lowest BCUT2D eigenvalue weighted by Crippen LogP contribution is -2.17. The molecule has 0 spiro atoms. The third kappa shape index (κ3) is 10.7. The van der Waals surface area contributed by atoms with Crippen LogP contribution in [0.15, 0.2) is 122 Å². The highest BCUT2D eigenvalue weighted by molar-refractivity contribution is 5.57. The molecule has 6 rings (SSSR count). The molecule has 13 heteroatoms. The van der Waals surface area contributed by atoms with Crippen LogP contribution in [0.3, 0.4) is 0 Å². The first-order chi connectivity index (χ1) is 26.4. The average molecular weight is 759 g/mol. The van der Waals surface area contributed by atoms with Gasteiger partial charge < -0.3 is 14.2 Å². The number of benzene rings is 4. The van der Waals surface area contributed by atoms with E-state index in [4.69, 9.17) is 4.74 Å². The maximum atomic E-state index is 13.0. The van der Waals surface area contributed by atoms with Crippen LogP contribution in [0.25, 0.3) is 22.8 Å². The van der Waals surface area contributed by atoms with Crippen LogP contribution in [0, 0.1) is 0 Å². The Morgan fingerprint density at radius 3 is 1.02 bits per heavy atom. The van der Waals surface area contributed by atoms with Crippen molar-refractivity contribution in [1.82, 2.24) is 19.9 Å². The summed E-state index contributed by atoms with van der Waals surface area (Å²) in [6, 6.07) is 25.2. The molecule has 0 radical (unpaired) electrons. The van der Waals surface area contributed by atoms with Crippen molar-refractivity contribution < 1.29 is 40.6 Å². The molecular weight excluding hydrogens is 722 g/mol. The van der Waals surface area contributed by atoms with Gasteiger partial charge in [0.1, 0.15) is 23.7 Å². The van der Waals surface area contributed by atoms with E-state index in [9.17, 15) is 26.3 Å². The Bertz CT molecular complexity index is 1950.